The lowest BCUT2D eigenvalue weighted by Gasteiger charge is -2.29. The van der Waals surface area contributed by atoms with Gasteiger partial charge < -0.3 is 10.0 Å². The molecule has 3 heteroatoms. The van der Waals surface area contributed by atoms with Gasteiger partial charge >= 0.3 is 0 Å². The number of rotatable bonds is 4. The normalized spacial score (nSPS) is 32.1. The Morgan fingerprint density at radius 1 is 1.30 bits per heavy atom. The van der Waals surface area contributed by atoms with Crippen LogP contribution in [0.4, 0.5) is 0 Å². The van der Waals surface area contributed by atoms with Gasteiger partial charge in [0.15, 0.2) is 0 Å². The van der Waals surface area contributed by atoms with E-state index in [1.165, 1.54) is 30.4 Å². The van der Waals surface area contributed by atoms with Crippen molar-refractivity contribution in [3.63, 3.8) is 0 Å². The van der Waals surface area contributed by atoms with Crippen LogP contribution in [0.1, 0.15) is 56.1 Å². The summed E-state index contributed by atoms with van der Waals surface area (Å²) in [6, 6.07) is 9.13. The number of hydrogen-bond donors (Lipinski definition) is 1. The van der Waals surface area contributed by atoms with Crippen LogP contribution in [0.25, 0.3) is 0 Å². The van der Waals surface area contributed by atoms with Crippen molar-refractivity contribution in [2.24, 2.45) is 5.92 Å². The molecule has 1 saturated heterocycles. The minimum Gasteiger partial charge on any atom is -0.396 e. The summed E-state index contributed by atoms with van der Waals surface area (Å²) in [7, 11) is 0. The van der Waals surface area contributed by atoms with Crippen LogP contribution in [0.3, 0.4) is 0 Å². The maximum Gasteiger partial charge on any atom is 0.226 e. The quantitative estimate of drug-likeness (QED) is 0.928. The lowest BCUT2D eigenvalue weighted by atomic mass is 9.78. The zero-order valence-electron chi connectivity index (χ0n) is 13.8. The van der Waals surface area contributed by atoms with Crippen LogP contribution in [0, 0.1) is 5.92 Å². The number of aryl methyl sites for hydroxylation is 1. The first-order valence-electron chi connectivity index (χ1n) is 9.26. The van der Waals surface area contributed by atoms with Crippen LogP contribution in [0.5, 0.6) is 0 Å². The molecule has 1 heterocycles. The highest BCUT2D eigenvalue weighted by Crippen LogP contribution is 2.61. The van der Waals surface area contributed by atoms with Gasteiger partial charge in [-0.3, -0.25) is 4.79 Å². The fourth-order valence-corrected chi connectivity index (χ4v) is 5.11. The van der Waals surface area contributed by atoms with Crippen molar-refractivity contribution in [3.05, 3.63) is 35.4 Å². The Balaban J connectivity index is 1.52. The molecule has 1 spiro atoms. The fraction of sp³-hybridized carbons (Fsp3) is 0.650. The average molecular weight is 313 g/mol. The first-order chi connectivity index (χ1) is 11.3. The second-order valence-corrected chi connectivity index (χ2v) is 7.62. The molecule has 0 radical (unpaired) electrons. The van der Waals surface area contributed by atoms with Gasteiger partial charge in [0.25, 0.3) is 0 Å². The summed E-state index contributed by atoms with van der Waals surface area (Å²) < 4.78 is 0. The first-order valence-corrected chi connectivity index (χ1v) is 9.26. The smallest absolute Gasteiger partial charge is 0.226 e. The van der Waals surface area contributed by atoms with E-state index in [1.807, 2.05) is 0 Å². The number of benzene rings is 1. The lowest BCUT2D eigenvalue weighted by molar-refractivity contribution is -0.134. The number of nitrogens with zero attached hydrogens (tertiary/aromatic N) is 1. The lowest BCUT2D eigenvalue weighted by Crippen LogP contribution is -2.38. The van der Waals surface area contributed by atoms with E-state index < -0.39 is 0 Å². The number of aliphatic hydroxyl groups is 1. The molecular weight excluding hydrogens is 286 g/mol. The van der Waals surface area contributed by atoms with Gasteiger partial charge in [-0.05, 0) is 62.5 Å². The second-order valence-electron chi connectivity index (χ2n) is 7.62. The van der Waals surface area contributed by atoms with Gasteiger partial charge in [-0.25, -0.2) is 0 Å². The monoisotopic (exact) mass is 313 g/mol. The summed E-state index contributed by atoms with van der Waals surface area (Å²) in [4.78, 5) is 15.3. The van der Waals surface area contributed by atoms with Gasteiger partial charge in [-0.1, -0.05) is 24.3 Å². The summed E-state index contributed by atoms with van der Waals surface area (Å²) in [5, 5.41) is 9.08. The Morgan fingerprint density at radius 3 is 3.04 bits per heavy atom. The molecule has 3 atom stereocenters. The number of hydrogen-bond acceptors (Lipinski definition) is 2. The Morgan fingerprint density at radius 2 is 2.17 bits per heavy atom. The van der Waals surface area contributed by atoms with Crippen molar-refractivity contribution in [2.45, 2.75) is 62.8 Å². The number of carbonyl (C=O) groups is 1. The zero-order chi connectivity index (χ0) is 15.9. The van der Waals surface area contributed by atoms with Crippen LogP contribution in [-0.4, -0.2) is 35.1 Å². The third-order valence-electron chi connectivity index (χ3n) is 6.35. The summed E-state index contributed by atoms with van der Waals surface area (Å²) in [5.74, 6) is 0.598. The Labute approximate surface area is 138 Å². The van der Waals surface area contributed by atoms with E-state index in [-0.39, 0.29) is 17.9 Å². The largest absolute Gasteiger partial charge is 0.396 e. The molecule has 3 unspecified atom stereocenters. The van der Waals surface area contributed by atoms with Gasteiger partial charge in [-0.15, -0.1) is 0 Å². The zero-order valence-corrected chi connectivity index (χ0v) is 13.8. The minimum absolute atomic E-state index is 0.149. The molecule has 2 fully saturated rings. The maximum absolute atomic E-state index is 13.1. The van der Waals surface area contributed by atoms with E-state index in [4.69, 9.17) is 5.11 Å². The molecule has 1 aromatic rings. The van der Waals surface area contributed by atoms with Crippen LogP contribution in [0.2, 0.25) is 0 Å². The molecule has 1 amide bonds. The molecule has 1 aromatic carbocycles. The highest BCUT2D eigenvalue weighted by Gasteiger charge is 2.61. The highest BCUT2D eigenvalue weighted by atomic mass is 16.3. The average Bonchev–Trinajstić information content (AvgIpc) is 3.10. The van der Waals surface area contributed by atoms with Gasteiger partial charge in [0.1, 0.15) is 0 Å². The Bertz CT molecular complexity index is 599. The van der Waals surface area contributed by atoms with E-state index in [1.54, 1.807) is 0 Å². The predicted molar refractivity (Wildman–Crippen MR) is 90.2 cm³/mol. The highest BCUT2D eigenvalue weighted by molar-refractivity contribution is 5.85. The molecule has 1 saturated carbocycles. The van der Waals surface area contributed by atoms with E-state index >= 15 is 0 Å². The number of aliphatic hydroxyl groups excluding tert-OH is 1. The number of carbonyl (C=O) groups excluding carboxylic acids is 1. The number of likely N-dealkylation sites (tertiary alicyclic amines) is 1. The molecule has 4 rings (SSSR count). The molecule has 124 valence electrons. The Hall–Kier alpha value is -1.35. The van der Waals surface area contributed by atoms with E-state index in [0.717, 1.165) is 38.6 Å². The van der Waals surface area contributed by atoms with E-state index in [2.05, 4.69) is 29.2 Å². The standard InChI is InChI=1S/C20H27NO2/c22-13-5-9-16-8-4-12-21(16)19(23)18-14-20(18)11-3-7-15-6-1-2-10-17(15)20/h1-2,6,10,16,18,22H,3-5,7-9,11-14H2. The molecule has 0 aromatic heterocycles. The molecule has 3 aliphatic rings. The van der Waals surface area contributed by atoms with Crippen molar-refractivity contribution >= 4 is 5.91 Å². The van der Waals surface area contributed by atoms with Crippen LogP contribution in [-0.2, 0) is 16.6 Å². The fourth-order valence-electron chi connectivity index (χ4n) is 5.11. The van der Waals surface area contributed by atoms with Crippen molar-refractivity contribution in [1.29, 1.82) is 0 Å². The van der Waals surface area contributed by atoms with Crippen LogP contribution >= 0.6 is 0 Å². The van der Waals surface area contributed by atoms with Crippen molar-refractivity contribution < 1.29 is 9.90 Å². The van der Waals surface area contributed by atoms with Gasteiger partial charge in [0.05, 0.1) is 0 Å². The van der Waals surface area contributed by atoms with Crippen molar-refractivity contribution in [3.8, 4) is 0 Å². The molecule has 0 bridgehead atoms. The second kappa shape index (κ2) is 5.94. The molecular formula is C20H27NO2. The number of fused-ring (bicyclic) bond motifs is 2. The molecule has 3 nitrogen and oxygen atoms in total. The molecule has 2 aliphatic carbocycles. The van der Waals surface area contributed by atoms with Gasteiger partial charge in [0.2, 0.25) is 5.91 Å². The first kappa shape index (κ1) is 15.2. The third kappa shape index (κ3) is 2.50. The van der Waals surface area contributed by atoms with Crippen molar-refractivity contribution in [1.82, 2.24) is 4.90 Å². The summed E-state index contributed by atoms with van der Waals surface area (Å²) in [5.41, 5.74) is 3.07. The SMILES string of the molecule is O=C(C1CC12CCCc1ccccc12)N1CCCC1CCCO. The Kier molecular flexibility index (Phi) is 3.92. The van der Waals surface area contributed by atoms with E-state index in [0.29, 0.717) is 11.9 Å². The summed E-state index contributed by atoms with van der Waals surface area (Å²) in [6.45, 7) is 1.16. The van der Waals surface area contributed by atoms with Crippen molar-refractivity contribution in [2.75, 3.05) is 13.2 Å². The maximum atomic E-state index is 13.1. The van der Waals surface area contributed by atoms with Crippen LogP contribution in [0.15, 0.2) is 24.3 Å². The molecule has 23 heavy (non-hydrogen) atoms. The van der Waals surface area contributed by atoms with Crippen LogP contribution < -0.4 is 0 Å². The molecule has 1 aliphatic heterocycles. The van der Waals surface area contributed by atoms with Gasteiger partial charge in [-0.2, -0.15) is 0 Å². The topological polar surface area (TPSA) is 40.5 Å². The summed E-state index contributed by atoms with van der Waals surface area (Å²) >= 11 is 0. The summed E-state index contributed by atoms with van der Waals surface area (Å²) in [6.07, 6.45) is 8.61. The minimum atomic E-state index is 0.149. The van der Waals surface area contributed by atoms with E-state index in [9.17, 15) is 4.79 Å². The van der Waals surface area contributed by atoms with Gasteiger partial charge in [0, 0.05) is 30.5 Å². The third-order valence-corrected chi connectivity index (χ3v) is 6.35. The molecule has 1 N–H and O–H groups in total. The predicted octanol–water partition coefficient (Wildman–Crippen LogP) is 3.04. The number of amides is 1.